The monoisotopic (exact) mass is 265 g/mol. The van der Waals surface area contributed by atoms with Gasteiger partial charge in [0.15, 0.2) is 0 Å². The van der Waals surface area contributed by atoms with Crippen LogP contribution in [0.2, 0.25) is 0 Å². The van der Waals surface area contributed by atoms with Crippen LogP contribution in [0, 0.1) is 5.92 Å². The van der Waals surface area contributed by atoms with Crippen molar-refractivity contribution in [2.75, 3.05) is 32.0 Å². The van der Waals surface area contributed by atoms with Crippen LogP contribution in [0.15, 0.2) is 12.4 Å². The predicted molar refractivity (Wildman–Crippen MR) is 70.0 cm³/mol. The molecule has 19 heavy (non-hydrogen) atoms. The Kier molecular flexibility index (Phi) is 4.64. The van der Waals surface area contributed by atoms with Crippen LogP contribution in [-0.4, -0.2) is 52.7 Å². The van der Waals surface area contributed by atoms with Crippen LogP contribution in [-0.2, 0) is 0 Å². The molecule has 1 amide bonds. The normalized spacial score (nSPS) is 17.2. The Balaban J connectivity index is 1.81. The van der Waals surface area contributed by atoms with Gasteiger partial charge in [0.05, 0.1) is 5.56 Å². The van der Waals surface area contributed by atoms with Crippen molar-refractivity contribution in [1.29, 1.82) is 0 Å². The van der Waals surface area contributed by atoms with Gasteiger partial charge in [-0.1, -0.05) is 0 Å². The van der Waals surface area contributed by atoms with E-state index in [0.29, 0.717) is 11.9 Å². The van der Waals surface area contributed by atoms with E-state index in [1.165, 1.54) is 25.2 Å². The highest BCUT2D eigenvalue weighted by molar-refractivity contribution is 5.92. The molecule has 1 aromatic rings. The zero-order valence-corrected chi connectivity index (χ0v) is 11.0. The van der Waals surface area contributed by atoms with E-state index >= 15 is 0 Å². The molecule has 0 bridgehead atoms. The lowest BCUT2D eigenvalue weighted by atomic mass is 9.97. The maximum Gasteiger partial charge on any atom is 0.277 e. The summed E-state index contributed by atoms with van der Waals surface area (Å²) < 4.78 is 0. The molecule has 0 saturated carbocycles. The number of hydrogen-bond donors (Lipinski definition) is 3. The molecule has 2 rings (SSSR count). The third kappa shape index (κ3) is 3.87. The summed E-state index contributed by atoms with van der Waals surface area (Å²) >= 11 is 0. The maximum atomic E-state index is 11.1. The van der Waals surface area contributed by atoms with Crippen LogP contribution in [0.4, 0.5) is 5.95 Å². The van der Waals surface area contributed by atoms with Gasteiger partial charge in [-0.05, 0) is 38.9 Å². The predicted octanol–water partition coefficient (Wildman–Crippen LogP) is 0.349. The first-order valence-electron chi connectivity index (χ1n) is 6.38. The van der Waals surface area contributed by atoms with E-state index in [9.17, 15) is 4.79 Å². The van der Waals surface area contributed by atoms with Gasteiger partial charge in [0, 0.05) is 18.9 Å². The molecule has 7 nitrogen and oxygen atoms in total. The summed E-state index contributed by atoms with van der Waals surface area (Å²) in [7, 11) is 2.14. The van der Waals surface area contributed by atoms with Crippen molar-refractivity contribution in [2.45, 2.75) is 12.8 Å². The smallest absolute Gasteiger partial charge is 0.277 e. The van der Waals surface area contributed by atoms with Crippen molar-refractivity contribution in [2.24, 2.45) is 5.92 Å². The van der Waals surface area contributed by atoms with Crippen molar-refractivity contribution in [3.8, 4) is 0 Å². The van der Waals surface area contributed by atoms with E-state index in [0.717, 1.165) is 19.6 Å². The summed E-state index contributed by atoms with van der Waals surface area (Å²) in [6.07, 6.45) is 5.12. The number of hydrogen-bond acceptors (Lipinski definition) is 6. The van der Waals surface area contributed by atoms with Crippen LogP contribution >= 0.6 is 0 Å². The first-order valence-corrected chi connectivity index (χ1v) is 6.38. The standard InChI is InChI=1S/C12H19N5O2/c1-17-4-2-9(3-5-17)6-13-12-14-7-10(8-15-12)11(18)16-19/h7-9,19H,2-6H2,1H3,(H,16,18)(H,13,14,15). The fraction of sp³-hybridized carbons (Fsp3) is 0.583. The Hall–Kier alpha value is -1.73. The molecule has 0 unspecified atom stereocenters. The Morgan fingerprint density at radius 3 is 2.63 bits per heavy atom. The molecule has 0 aromatic carbocycles. The minimum atomic E-state index is -0.609. The molecule has 3 N–H and O–H groups in total. The third-order valence-corrected chi connectivity index (χ3v) is 3.40. The number of nitrogens with one attached hydrogen (secondary N) is 2. The van der Waals surface area contributed by atoms with Crippen LogP contribution in [0.25, 0.3) is 0 Å². The maximum absolute atomic E-state index is 11.1. The van der Waals surface area contributed by atoms with Gasteiger partial charge in [0.25, 0.3) is 5.91 Å². The third-order valence-electron chi connectivity index (χ3n) is 3.40. The topological polar surface area (TPSA) is 90.4 Å². The highest BCUT2D eigenvalue weighted by Crippen LogP contribution is 2.16. The van der Waals surface area contributed by atoms with Gasteiger partial charge in [-0.15, -0.1) is 0 Å². The summed E-state index contributed by atoms with van der Waals surface area (Å²) in [5.41, 5.74) is 1.77. The number of hydroxylamine groups is 1. The number of carbonyl (C=O) groups excluding carboxylic acids is 1. The molecule has 7 heteroatoms. The van der Waals surface area contributed by atoms with E-state index in [1.54, 1.807) is 5.48 Å². The van der Waals surface area contributed by atoms with Crippen molar-refractivity contribution in [3.63, 3.8) is 0 Å². The number of anilines is 1. The summed E-state index contributed by atoms with van der Waals surface area (Å²) in [4.78, 5) is 21.5. The van der Waals surface area contributed by atoms with Gasteiger partial charge < -0.3 is 10.2 Å². The Morgan fingerprint density at radius 1 is 1.42 bits per heavy atom. The second-order valence-electron chi connectivity index (χ2n) is 4.86. The van der Waals surface area contributed by atoms with E-state index in [4.69, 9.17) is 5.21 Å². The average molecular weight is 265 g/mol. The minimum Gasteiger partial charge on any atom is -0.354 e. The lowest BCUT2D eigenvalue weighted by Crippen LogP contribution is -2.33. The number of piperidine rings is 1. The first-order chi connectivity index (χ1) is 9.19. The van der Waals surface area contributed by atoms with Gasteiger partial charge in [-0.3, -0.25) is 10.0 Å². The highest BCUT2D eigenvalue weighted by Gasteiger charge is 2.16. The number of likely N-dealkylation sites (tertiary alicyclic amines) is 1. The Labute approximate surface area is 112 Å². The molecule has 0 radical (unpaired) electrons. The lowest BCUT2D eigenvalue weighted by Gasteiger charge is -2.28. The fourth-order valence-electron chi connectivity index (χ4n) is 2.10. The van der Waals surface area contributed by atoms with Crippen LogP contribution < -0.4 is 10.8 Å². The number of carbonyl (C=O) groups is 1. The summed E-state index contributed by atoms with van der Waals surface area (Å²) in [5, 5.41) is 11.7. The largest absolute Gasteiger partial charge is 0.354 e. The van der Waals surface area contributed by atoms with Crippen molar-refractivity contribution in [1.82, 2.24) is 20.3 Å². The second-order valence-corrected chi connectivity index (χ2v) is 4.86. The van der Waals surface area contributed by atoms with Crippen LogP contribution in [0.3, 0.4) is 0 Å². The van der Waals surface area contributed by atoms with Gasteiger partial charge in [-0.25, -0.2) is 15.4 Å². The first kappa shape index (κ1) is 13.7. The SMILES string of the molecule is CN1CCC(CNc2ncc(C(=O)NO)cn2)CC1. The van der Waals surface area contributed by atoms with Gasteiger partial charge in [-0.2, -0.15) is 0 Å². The molecule has 104 valence electrons. The average Bonchev–Trinajstić information content (AvgIpc) is 2.46. The van der Waals surface area contributed by atoms with E-state index < -0.39 is 5.91 Å². The Bertz CT molecular complexity index is 415. The molecule has 0 spiro atoms. The molecule has 1 aliphatic rings. The van der Waals surface area contributed by atoms with Gasteiger partial charge in [0.1, 0.15) is 0 Å². The fourth-order valence-corrected chi connectivity index (χ4v) is 2.10. The second kappa shape index (κ2) is 6.44. The molecule has 1 fully saturated rings. The number of amides is 1. The molecule has 1 aromatic heterocycles. The number of rotatable bonds is 4. The minimum absolute atomic E-state index is 0.229. The van der Waals surface area contributed by atoms with Gasteiger partial charge in [0.2, 0.25) is 5.95 Å². The summed E-state index contributed by atoms with van der Waals surface area (Å²) in [5.74, 6) is 0.538. The highest BCUT2D eigenvalue weighted by atomic mass is 16.5. The van der Waals surface area contributed by atoms with Crippen molar-refractivity contribution >= 4 is 11.9 Å². The van der Waals surface area contributed by atoms with Gasteiger partial charge >= 0.3 is 0 Å². The number of nitrogens with zero attached hydrogens (tertiary/aromatic N) is 3. The molecular weight excluding hydrogens is 246 g/mol. The summed E-state index contributed by atoms with van der Waals surface area (Å²) in [6.45, 7) is 3.10. The zero-order chi connectivity index (χ0) is 13.7. The lowest BCUT2D eigenvalue weighted by molar-refractivity contribution is 0.0705. The summed E-state index contributed by atoms with van der Waals surface area (Å²) in [6, 6.07) is 0. The van der Waals surface area contributed by atoms with Crippen LogP contribution in [0.5, 0.6) is 0 Å². The Morgan fingerprint density at radius 2 is 2.05 bits per heavy atom. The van der Waals surface area contributed by atoms with E-state index in [-0.39, 0.29) is 5.56 Å². The molecule has 0 aliphatic carbocycles. The van der Waals surface area contributed by atoms with Crippen LogP contribution in [0.1, 0.15) is 23.2 Å². The quantitative estimate of drug-likeness (QED) is 0.537. The molecule has 0 atom stereocenters. The van der Waals surface area contributed by atoms with E-state index in [1.807, 2.05) is 0 Å². The molecule has 1 aliphatic heterocycles. The zero-order valence-electron chi connectivity index (χ0n) is 11.0. The van der Waals surface area contributed by atoms with E-state index in [2.05, 4.69) is 27.2 Å². The number of aromatic nitrogens is 2. The molecular formula is C12H19N5O2. The molecule has 1 saturated heterocycles. The van der Waals surface area contributed by atoms with Crippen molar-refractivity contribution in [3.05, 3.63) is 18.0 Å². The molecule has 2 heterocycles. The van der Waals surface area contributed by atoms with Crippen molar-refractivity contribution < 1.29 is 10.0 Å².